The predicted octanol–water partition coefficient (Wildman–Crippen LogP) is 4.65. The Hall–Kier alpha value is -3.20. The molecule has 1 N–H and O–H groups in total. The molecule has 0 aromatic heterocycles. The fourth-order valence-corrected chi connectivity index (χ4v) is 4.74. The minimum Gasteiger partial charge on any atom is -0.462 e. The molecule has 0 bridgehead atoms. The summed E-state index contributed by atoms with van der Waals surface area (Å²) < 4.78 is 32.8. The molecule has 0 spiro atoms. The number of rotatable bonds is 9. The van der Waals surface area contributed by atoms with Crippen LogP contribution >= 0.6 is 11.6 Å². The molecule has 9 heteroatoms. The summed E-state index contributed by atoms with van der Waals surface area (Å²) >= 11 is 6.25. The molecule has 178 valence electrons. The van der Waals surface area contributed by atoms with E-state index in [0.717, 1.165) is 9.87 Å². The molecule has 3 aromatic carbocycles. The molecule has 0 fully saturated rings. The van der Waals surface area contributed by atoms with Gasteiger partial charge in [-0.1, -0.05) is 47.5 Å². The summed E-state index contributed by atoms with van der Waals surface area (Å²) in [6.07, 6.45) is 0. The predicted molar refractivity (Wildman–Crippen MR) is 131 cm³/mol. The Morgan fingerprint density at radius 1 is 0.971 bits per heavy atom. The largest absolute Gasteiger partial charge is 0.462 e. The van der Waals surface area contributed by atoms with E-state index in [4.69, 9.17) is 16.3 Å². The van der Waals surface area contributed by atoms with Crippen molar-refractivity contribution in [2.24, 2.45) is 0 Å². The molecule has 34 heavy (non-hydrogen) atoms. The van der Waals surface area contributed by atoms with E-state index in [1.54, 1.807) is 55.5 Å². The van der Waals surface area contributed by atoms with Crippen LogP contribution in [0.4, 0.5) is 5.69 Å². The SMILES string of the molecule is CCOC(=O)c1ccc(NC(=O)CN(Cc2ccccc2Cl)S(=O)(=O)c2ccc(C)cc2)cc1. The third-order valence-corrected chi connectivity index (χ3v) is 7.14. The lowest BCUT2D eigenvalue weighted by molar-refractivity contribution is -0.116. The maximum Gasteiger partial charge on any atom is 0.338 e. The standard InChI is InChI=1S/C25H25ClN2O5S/c1-3-33-25(30)19-10-12-21(13-11-19)27-24(29)17-28(16-20-6-4-5-7-23(20)26)34(31,32)22-14-8-18(2)9-15-22/h4-15H,3,16-17H2,1-2H3,(H,27,29). The molecule has 7 nitrogen and oxygen atoms in total. The molecule has 0 saturated heterocycles. The Bertz CT molecular complexity index is 1260. The molecule has 0 aliphatic rings. The first-order valence-corrected chi connectivity index (χ1v) is 12.4. The summed E-state index contributed by atoms with van der Waals surface area (Å²) in [7, 11) is -3.99. The zero-order chi connectivity index (χ0) is 24.7. The zero-order valence-corrected chi connectivity index (χ0v) is 20.4. The van der Waals surface area contributed by atoms with Gasteiger partial charge in [0.1, 0.15) is 0 Å². The van der Waals surface area contributed by atoms with E-state index in [-0.39, 0.29) is 18.0 Å². The molecule has 0 saturated carbocycles. The van der Waals surface area contributed by atoms with Crippen molar-refractivity contribution in [3.63, 3.8) is 0 Å². The molecule has 0 radical (unpaired) electrons. The van der Waals surface area contributed by atoms with E-state index < -0.39 is 28.4 Å². The third kappa shape index (κ3) is 6.44. The third-order valence-electron chi connectivity index (χ3n) is 4.96. The number of hydrogen-bond donors (Lipinski definition) is 1. The number of esters is 1. The quantitative estimate of drug-likeness (QED) is 0.431. The number of nitrogens with one attached hydrogen (secondary N) is 1. The van der Waals surface area contributed by atoms with Gasteiger partial charge in [0.2, 0.25) is 15.9 Å². The smallest absolute Gasteiger partial charge is 0.338 e. The molecule has 0 heterocycles. The van der Waals surface area contributed by atoms with Crippen molar-refractivity contribution in [2.75, 3.05) is 18.5 Å². The van der Waals surface area contributed by atoms with Gasteiger partial charge in [-0.25, -0.2) is 13.2 Å². The second-order valence-corrected chi connectivity index (χ2v) is 9.87. The first-order valence-electron chi connectivity index (χ1n) is 10.6. The first kappa shape index (κ1) is 25.4. The van der Waals surface area contributed by atoms with Gasteiger partial charge in [-0.15, -0.1) is 0 Å². The number of nitrogens with zero attached hydrogens (tertiary/aromatic N) is 1. The molecule has 1 amide bonds. The number of ether oxygens (including phenoxy) is 1. The molecule has 0 aliphatic carbocycles. The number of aryl methyl sites for hydroxylation is 1. The second-order valence-electron chi connectivity index (χ2n) is 7.52. The highest BCUT2D eigenvalue weighted by molar-refractivity contribution is 7.89. The first-order chi connectivity index (χ1) is 16.2. The van der Waals surface area contributed by atoms with Gasteiger partial charge in [0.15, 0.2) is 0 Å². The Morgan fingerprint density at radius 2 is 1.62 bits per heavy atom. The topological polar surface area (TPSA) is 92.8 Å². The summed E-state index contributed by atoms with van der Waals surface area (Å²) in [5.41, 5.74) is 2.26. The van der Waals surface area contributed by atoms with Gasteiger partial charge in [-0.2, -0.15) is 4.31 Å². The van der Waals surface area contributed by atoms with E-state index in [9.17, 15) is 18.0 Å². The number of halogens is 1. The van der Waals surface area contributed by atoms with Gasteiger partial charge < -0.3 is 10.1 Å². The molecular weight excluding hydrogens is 476 g/mol. The Labute approximate surface area is 204 Å². The van der Waals surface area contributed by atoms with Gasteiger partial charge in [0.25, 0.3) is 0 Å². The summed E-state index contributed by atoms with van der Waals surface area (Å²) in [5, 5.41) is 3.08. The number of hydrogen-bond acceptors (Lipinski definition) is 5. The number of anilines is 1. The zero-order valence-electron chi connectivity index (χ0n) is 18.8. The maximum atomic E-state index is 13.4. The van der Waals surface area contributed by atoms with Gasteiger partial charge >= 0.3 is 5.97 Å². The van der Waals surface area contributed by atoms with Crippen LogP contribution in [0.1, 0.15) is 28.4 Å². The van der Waals surface area contributed by atoms with Crippen LogP contribution in [0.3, 0.4) is 0 Å². The van der Waals surface area contributed by atoms with E-state index in [0.29, 0.717) is 21.8 Å². The van der Waals surface area contributed by atoms with Crippen molar-refractivity contribution in [3.05, 3.63) is 94.5 Å². The molecule has 0 aliphatic heterocycles. The van der Waals surface area contributed by atoms with E-state index in [2.05, 4.69) is 5.32 Å². The normalized spacial score (nSPS) is 11.3. The van der Waals surface area contributed by atoms with Crippen LogP contribution in [-0.4, -0.2) is 37.8 Å². The van der Waals surface area contributed by atoms with Crippen molar-refractivity contribution in [1.82, 2.24) is 4.31 Å². The number of carbonyl (C=O) groups is 2. The molecule has 3 rings (SSSR count). The minimum absolute atomic E-state index is 0.0783. The highest BCUT2D eigenvalue weighted by Crippen LogP contribution is 2.23. The molecular formula is C25H25ClN2O5S. The highest BCUT2D eigenvalue weighted by atomic mass is 35.5. The van der Waals surface area contributed by atoms with Crippen molar-refractivity contribution in [1.29, 1.82) is 0 Å². The highest BCUT2D eigenvalue weighted by Gasteiger charge is 2.27. The Morgan fingerprint density at radius 3 is 2.24 bits per heavy atom. The molecule has 0 atom stereocenters. The van der Waals surface area contributed by atoms with Crippen LogP contribution in [0.5, 0.6) is 0 Å². The fraction of sp³-hybridized carbons (Fsp3) is 0.200. The van der Waals surface area contributed by atoms with E-state index >= 15 is 0 Å². The van der Waals surface area contributed by atoms with Crippen LogP contribution in [0.15, 0.2) is 77.7 Å². The lowest BCUT2D eigenvalue weighted by Gasteiger charge is -2.22. The average Bonchev–Trinajstić information content (AvgIpc) is 2.81. The average molecular weight is 501 g/mol. The van der Waals surface area contributed by atoms with Gasteiger partial charge in [-0.05, 0) is 61.9 Å². The summed E-state index contributed by atoms with van der Waals surface area (Å²) in [5.74, 6) is -0.998. The van der Waals surface area contributed by atoms with Crippen LogP contribution in [0.2, 0.25) is 5.02 Å². The second kappa shape index (κ2) is 11.3. The van der Waals surface area contributed by atoms with Crippen LogP contribution < -0.4 is 5.32 Å². The van der Waals surface area contributed by atoms with Gasteiger partial charge in [-0.3, -0.25) is 4.79 Å². The lowest BCUT2D eigenvalue weighted by Crippen LogP contribution is -2.37. The summed E-state index contributed by atoms with van der Waals surface area (Å²) in [6, 6.07) is 19.5. The molecule has 0 unspecified atom stereocenters. The minimum atomic E-state index is -3.99. The van der Waals surface area contributed by atoms with Gasteiger partial charge in [0, 0.05) is 17.3 Å². The summed E-state index contributed by atoms with van der Waals surface area (Å²) in [6.45, 7) is 3.32. The van der Waals surface area contributed by atoms with Crippen LogP contribution in [0, 0.1) is 6.92 Å². The van der Waals surface area contributed by atoms with Gasteiger partial charge in [0.05, 0.1) is 23.6 Å². The number of amides is 1. The lowest BCUT2D eigenvalue weighted by atomic mass is 10.2. The van der Waals surface area contributed by atoms with Crippen molar-refractivity contribution in [2.45, 2.75) is 25.3 Å². The summed E-state index contributed by atoms with van der Waals surface area (Å²) in [4.78, 5) is 24.7. The van der Waals surface area contributed by atoms with Crippen molar-refractivity contribution >= 4 is 39.2 Å². The van der Waals surface area contributed by atoms with Crippen molar-refractivity contribution < 1.29 is 22.7 Å². The molecule has 3 aromatic rings. The monoisotopic (exact) mass is 500 g/mol. The van der Waals surface area contributed by atoms with Crippen LogP contribution in [-0.2, 0) is 26.1 Å². The van der Waals surface area contributed by atoms with E-state index in [1.165, 1.54) is 24.3 Å². The number of benzene rings is 3. The Kier molecular flexibility index (Phi) is 8.44. The van der Waals surface area contributed by atoms with Crippen molar-refractivity contribution in [3.8, 4) is 0 Å². The number of sulfonamides is 1. The fourth-order valence-electron chi connectivity index (χ4n) is 3.17. The maximum absolute atomic E-state index is 13.4. The van der Waals surface area contributed by atoms with E-state index in [1.807, 2.05) is 6.92 Å². The van der Waals surface area contributed by atoms with Crippen LogP contribution in [0.25, 0.3) is 0 Å². The number of carbonyl (C=O) groups excluding carboxylic acids is 2. The Balaban J connectivity index is 1.82.